The van der Waals surface area contributed by atoms with E-state index in [4.69, 9.17) is 5.73 Å². The highest BCUT2D eigenvalue weighted by molar-refractivity contribution is 5.83. The number of carbonyl (C=O) groups is 1. The molecule has 0 saturated carbocycles. The molecular weight excluding hydrogens is 226 g/mol. The first-order valence-corrected chi connectivity index (χ1v) is 5.44. The normalized spacial score (nSPS) is 19.6. The van der Waals surface area contributed by atoms with Crippen molar-refractivity contribution in [3.8, 4) is 0 Å². The van der Waals surface area contributed by atoms with Gasteiger partial charge < -0.3 is 10.6 Å². The van der Waals surface area contributed by atoms with E-state index < -0.39 is 31.0 Å². The fourth-order valence-electron chi connectivity index (χ4n) is 1.86. The molecule has 92 valence electrons. The molecule has 2 N–H and O–H groups in total. The van der Waals surface area contributed by atoms with Gasteiger partial charge in [-0.1, -0.05) is 30.3 Å². The number of rotatable bonds is 3. The van der Waals surface area contributed by atoms with E-state index in [-0.39, 0.29) is 0 Å². The summed E-state index contributed by atoms with van der Waals surface area (Å²) in [6.07, 6.45) is 0.377. The first-order chi connectivity index (χ1) is 7.98. The van der Waals surface area contributed by atoms with Crippen LogP contribution in [0, 0.1) is 0 Å². The fourth-order valence-corrected chi connectivity index (χ4v) is 1.86. The predicted molar refractivity (Wildman–Crippen MR) is 59.6 cm³/mol. The summed E-state index contributed by atoms with van der Waals surface area (Å²) < 4.78 is 25.2. The van der Waals surface area contributed by atoms with Crippen molar-refractivity contribution in [2.75, 3.05) is 13.1 Å². The first kappa shape index (κ1) is 12.0. The molecule has 3 nitrogen and oxygen atoms in total. The number of halogens is 2. The summed E-state index contributed by atoms with van der Waals surface area (Å²) in [6, 6.07) is 8.55. The van der Waals surface area contributed by atoms with Gasteiger partial charge in [-0.05, 0) is 12.0 Å². The van der Waals surface area contributed by atoms with Crippen molar-refractivity contribution in [3.63, 3.8) is 0 Å². The van der Waals surface area contributed by atoms with E-state index >= 15 is 0 Å². The second-order valence-corrected chi connectivity index (χ2v) is 4.35. The molecule has 5 heteroatoms. The smallest absolute Gasteiger partial charge is 0.282 e. The van der Waals surface area contributed by atoms with Gasteiger partial charge >= 0.3 is 0 Å². The molecule has 1 atom stereocenters. The van der Waals surface area contributed by atoms with Crippen molar-refractivity contribution >= 4 is 5.91 Å². The van der Waals surface area contributed by atoms with Gasteiger partial charge in [-0.25, -0.2) is 8.78 Å². The number of likely N-dealkylation sites (tertiary alicyclic amines) is 1. The van der Waals surface area contributed by atoms with Crippen LogP contribution in [0.5, 0.6) is 0 Å². The average molecular weight is 240 g/mol. The van der Waals surface area contributed by atoms with Crippen LogP contribution in [0.3, 0.4) is 0 Å². The summed E-state index contributed by atoms with van der Waals surface area (Å²) in [5.74, 6) is -3.14. The molecule has 0 spiro atoms. The number of hydrogen-bond acceptors (Lipinski definition) is 2. The van der Waals surface area contributed by atoms with Gasteiger partial charge in [0.25, 0.3) is 5.92 Å². The number of nitrogens with two attached hydrogens (primary N) is 1. The summed E-state index contributed by atoms with van der Waals surface area (Å²) >= 11 is 0. The maximum atomic E-state index is 12.6. The number of amides is 1. The summed E-state index contributed by atoms with van der Waals surface area (Å²) in [5, 5.41) is 0. The van der Waals surface area contributed by atoms with Crippen molar-refractivity contribution in [2.24, 2.45) is 5.73 Å². The van der Waals surface area contributed by atoms with Gasteiger partial charge in [0.2, 0.25) is 5.91 Å². The van der Waals surface area contributed by atoms with Crippen LogP contribution in [0.1, 0.15) is 5.56 Å². The molecule has 1 aliphatic heterocycles. The fraction of sp³-hybridized carbons (Fsp3) is 0.417. The van der Waals surface area contributed by atoms with E-state index in [1.54, 1.807) is 0 Å². The molecule has 1 aromatic rings. The molecule has 1 aliphatic rings. The zero-order chi connectivity index (χ0) is 12.5. The van der Waals surface area contributed by atoms with Crippen molar-refractivity contribution in [1.82, 2.24) is 4.90 Å². The Morgan fingerprint density at radius 1 is 1.35 bits per heavy atom. The third-order valence-corrected chi connectivity index (χ3v) is 2.77. The van der Waals surface area contributed by atoms with Crippen LogP contribution in [0.4, 0.5) is 8.78 Å². The van der Waals surface area contributed by atoms with Crippen molar-refractivity contribution in [2.45, 2.75) is 18.4 Å². The van der Waals surface area contributed by atoms with Crippen molar-refractivity contribution in [1.29, 1.82) is 0 Å². The van der Waals surface area contributed by atoms with Crippen LogP contribution < -0.4 is 5.73 Å². The topological polar surface area (TPSA) is 46.3 Å². The van der Waals surface area contributed by atoms with Gasteiger partial charge in [-0.2, -0.15) is 0 Å². The van der Waals surface area contributed by atoms with E-state index in [2.05, 4.69) is 0 Å². The number of alkyl halides is 2. The molecule has 1 fully saturated rings. The Labute approximate surface area is 98.2 Å². The number of hydrogen-bond donors (Lipinski definition) is 1. The predicted octanol–water partition coefficient (Wildman–Crippen LogP) is 1.03. The summed E-state index contributed by atoms with van der Waals surface area (Å²) in [4.78, 5) is 12.8. The second kappa shape index (κ2) is 4.41. The molecule has 1 saturated heterocycles. The Balaban J connectivity index is 1.89. The van der Waals surface area contributed by atoms with Crippen LogP contribution in [0.25, 0.3) is 0 Å². The maximum absolute atomic E-state index is 12.6. The van der Waals surface area contributed by atoms with Crippen molar-refractivity contribution in [3.05, 3.63) is 35.9 Å². The average Bonchev–Trinajstić information content (AvgIpc) is 2.26. The van der Waals surface area contributed by atoms with E-state index in [0.29, 0.717) is 6.42 Å². The molecule has 1 heterocycles. The Kier molecular flexibility index (Phi) is 3.11. The third kappa shape index (κ3) is 2.79. The SMILES string of the molecule is N[C@H](Cc1ccccc1)C(=O)N1CC(F)(F)C1. The van der Waals surface area contributed by atoms with Gasteiger partial charge in [0.1, 0.15) is 0 Å². The summed E-state index contributed by atoms with van der Waals surface area (Å²) in [5.41, 5.74) is 6.64. The molecule has 0 bridgehead atoms. The zero-order valence-electron chi connectivity index (χ0n) is 9.27. The van der Waals surface area contributed by atoms with Gasteiger partial charge in [-0.15, -0.1) is 0 Å². The third-order valence-electron chi connectivity index (χ3n) is 2.77. The highest BCUT2D eigenvalue weighted by Gasteiger charge is 2.47. The largest absolute Gasteiger partial charge is 0.329 e. The minimum Gasteiger partial charge on any atom is -0.329 e. The second-order valence-electron chi connectivity index (χ2n) is 4.35. The van der Waals surface area contributed by atoms with Crippen LogP contribution in [0.15, 0.2) is 30.3 Å². The number of nitrogens with zero attached hydrogens (tertiary/aromatic N) is 1. The highest BCUT2D eigenvalue weighted by atomic mass is 19.3. The minimum absolute atomic E-state index is 0.377. The lowest BCUT2D eigenvalue weighted by Crippen LogP contribution is -2.62. The quantitative estimate of drug-likeness (QED) is 0.857. The standard InChI is InChI=1S/C12H14F2N2O/c13-12(14)7-16(8-12)11(17)10(15)6-9-4-2-1-3-5-9/h1-5,10H,6-8,15H2/t10-/m1/s1. The molecule has 1 amide bonds. The Hall–Kier alpha value is -1.49. The molecule has 0 aliphatic carbocycles. The summed E-state index contributed by atoms with van der Waals surface area (Å²) in [7, 11) is 0. The minimum atomic E-state index is -2.73. The van der Waals surface area contributed by atoms with Gasteiger partial charge in [0.15, 0.2) is 0 Å². The highest BCUT2D eigenvalue weighted by Crippen LogP contribution is 2.27. The Morgan fingerprint density at radius 2 is 1.94 bits per heavy atom. The molecule has 1 aromatic carbocycles. The van der Waals surface area contributed by atoms with E-state index in [1.165, 1.54) is 0 Å². The number of carbonyl (C=O) groups excluding carboxylic acids is 1. The zero-order valence-corrected chi connectivity index (χ0v) is 9.27. The Morgan fingerprint density at radius 3 is 2.47 bits per heavy atom. The van der Waals surface area contributed by atoms with E-state index in [9.17, 15) is 13.6 Å². The number of benzene rings is 1. The van der Waals surface area contributed by atoms with E-state index in [1.807, 2.05) is 30.3 Å². The van der Waals surface area contributed by atoms with E-state index in [0.717, 1.165) is 10.5 Å². The van der Waals surface area contributed by atoms with Gasteiger partial charge in [0.05, 0.1) is 19.1 Å². The molecule has 0 radical (unpaired) electrons. The first-order valence-electron chi connectivity index (χ1n) is 5.44. The lowest BCUT2D eigenvalue weighted by molar-refractivity contribution is -0.166. The van der Waals surface area contributed by atoms with Gasteiger partial charge in [-0.3, -0.25) is 4.79 Å². The molecule has 0 unspecified atom stereocenters. The maximum Gasteiger partial charge on any atom is 0.282 e. The molecule has 17 heavy (non-hydrogen) atoms. The Bertz CT molecular complexity index is 400. The van der Waals surface area contributed by atoms with Crippen LogP contribution in [-0.4, -0.2) is 35.9 Å². The van der Waals surface area contributed by atoms with Gasteiger partial charge in [0, 0.05) is 0 Å². The molecular formula is C12H14F2N2O. The van der Waals surface area contributed by atoms with Crippen LogP contribution in [0.2, 0.25) is 0 Å². The van der Waals surface area contributed by atoms with Crippen LogP contribution in [-0.2, 0) is 11.2 Å². The molecule has 0 aromatic heterocycles. The lowest BCUT2D eigenvalue weighted by atomic mass is 10.0. The van der Waals surface area contributed by atoms with Crippen LogP contribution >= 0.6 is 0 Å². The summed E-state index contributed by atoms with van der Waals surface area (Å²) in [6.45, 7) is -1.01. The lowest BCUT2D eigenvalue weighted by Gasteiger charge is -2.39. The molecule has 2 rings (SSSR count). The van der Waals surface area contributed by atoms with Crippen molar-refractivity contribution < 1.29 is 13.6 Å². The monoisotopic (exact) mass is 240 g/mol.